The highest BCUT2D eigenvalue weighted by Gasteiger charge is 2.16. The second kappa shape index (κ2) is 10.7. The van der Waals surface area contributed by atoms with E-state index in [1.807, 2.05) is 19.9 Å². The summed E-state index contributed by atoms with van der Waals surface area (Å²) < 4.78 is 30.2. The van der Waals surface area contributed by atoms with Crippen molar-refractivity contribution in [2.24, 2.45) is 16.0 Å². The molecule has 2 aromatic heterocycles. The molecule has 0 amide bonds. The number of halogens is 2. The Labute approximate surface area is 185 Å². The molecular formula is C22H24F2N6S. The summed E-state index contributed by atoms with van der Waals surface area (Å²) in [4.78, 5) is 8.76. The summed E-state index contributed by atoms with van der Waals surface area (Å²) in [5, 5.41) is 13.5. The molecule has 0 aliphatic rings. The molecule has 6 nitrogen and oxygen atoms in total. The van der Waals surface area contributed by atoms with Crippen molar-refractivity contribution < 1.29 is 8.78 Å². The van der Waals surface area contributed by atoms with Crippen LogP contribution in [0.4, 0.5) is 14.5 Å². The van der Waals surface area contributed by atoms with Gasteiger partial charge in [-0.05, 0) is 43.5 Å². The predicted octanol–water partition coefficient (Wildman–Crippen LogP) is 4.91. The molecule has 0 saturated carbocycles. The van der Waals surface area contributed by atoms with E-state index in [0.717, 1.165) is 12.5 Å². The molecular weight excluding hydrogens is 418 g/mol. The number of nitriles is 1. The van der Waals surface area contributed by atoms with Crippen LogP contribution in [-0.2, 0) is 0 Å². The van der Waals surface area contributed by atoms with Gasteiger partial charge >= 0.3 is 0 Å². The number of hydrogen-bond acceptors (Lipinski definition) is 6. The minimum Gasteiger partial charge on any atom is -0.396 e. The highest BCUT2D eigenvalue weighted by molar-refractivity contribution is 7.77. The van der Waals surface area contributed by atoms with E-state index < -0.39 is 11.6 Å². The fraction of sp³-hybridized carbons (Fsp3) is 0.227. The number of rotatable bonds is 5. The Morgan fingerprint density at radius 3 is 2.68 bits per heavy atom. The topological polar surface area (TPSA) is 105 Å². The zero-order valence-corrected chi connectivity index (χ0v) is 18.4. The van der Waals surface area contributed by atoms with Crippen LogP contribution in [0.2, 0.25) is 0 Å². The average molecular weight is 443 g/mol. The van der Waals surface area contributed by atoms with Crippen LogP contribution < -0.4 is 10.9 Å². The molecule has 1 aromatic carbocycles. The van der Waals surface area contributed by atoms with Gasteiger partial charge < -0.3 is 10.1 Å². The zero-order chi connectivity index (χ0) is 23.1. The van der Waals surface area contributed by atoms with E-state index in [9.17, 15) is 14.0 Å². The van der Waals surface area contributed by atoms with Crippen LogP contribution in [0.3, 0.4) is 0 Å². The van der Waals surface area contributed by atoms with Gasteiger partial charge in [0, 0.05) is 11.8 Å². The molecule has 9 heteroatoms. The fourth-order valence-corrected chi connectivity index (χ4v) is 2.98. The predicted molar refractivity (Wildman–Crippen MR) is 123 cm³/mol. The van der Waals surface area contributed by atoms with Crippen LogP contribution in [0.15, 0.2) is 53.6 Å². The lowest BCUT2D eigenvalue weighted by Gasteiger charge is -2.08. The first kappa shape index (κ1) is 24.1. The Balaban J connectivity index is 0.00000166. The Morgan fingerprint density at radius 1 is 1.32 bits per heavy atom. The lowest BCUT2D eigenvalue weighted by molar-refractivity contribution is 0.592. The number of anilines is 1. The Hall–Kier alpha value is -3.22. The molecule has 0 bridgehead atoms. The van der Waals surface area contributed by atoms with Gasteiger partial charge in [-0.2, -0.15) is 5.26 Å². The van der Waals surface area contributed by atoms with Gasteiger partial charge in [-0.15, -0.1) is 12.8 Å². The number of aliphatic imine (C=N–C) groups is 1. The normalized spacial score (nSPS) is 12.8. The second-order valence-electron chi connectivity index (χ2n) is 6.88. The third-order valence-electron chi connectivity index (χ3n) is 4.77. The summed E-state index contributed by atoms with van der Waals surface area (Å²) in [6.45, 7) is 5.83. The van der Waals surface area contributed by atoms with Gasteiger partial charge in [-0.1, -0.05) is 19.9 Å². The molecule has 1 unspecified atom stereocenters. The summed E-state index contributed by atoms with van der Waals surface area (Å²) in [5.74, 6) is -1.25. The van der Waals surface area contributed by atoms with Crippen molar-refractivity contribution in [3.8, 4) is 17.2 Å². The van der Waals surface area contributed by atoms with Crippen molar-refractivity contribution in [3.05, 3.63) is 65.9 Å². The maximum absolute atomic E-state index is 14.4. The number of aromatic nitrogens is 2. The minimum atomic E-state index is -0.795. The highest BCUT2D eigenvalue weighted by atomic mass is 32.1. The lowest BCUT2D eigenvalue weighted by Crippen LogP contribution is -1.99. The number of thiol groups is 1. The molecule has 3 aromatic rings. The maximum atomic E-state index is 14.4. The maximum Gasteiger partial charge on any atom is 0.156 e. The number of nitrogen functional groups attached to an aromatic ring is 1. The van der Waals surface area contributed by atoms with Crippen LogP contribution >= 0.6 is 12.8 Å². The molecule has 0 spiro atoms. The van der Waals surface area contributed by atoms with Gasteiger partial charge in [-0.25, -0.2) is 18.8 Å². The SMILES string of the molecule is CCC(C)/C=C(/C#N)N=C(C)c1ncn2cc(-c3c(F)ccc(N)c3F)ccc12.NS. The van der Waals surface area contributed by atoms with E-state index in [1.54, 1.807) is 36.0 Å². The van der Waals surface area contributed by atoms with Crippen LogP contribution in [0.1, 0.15) is 32.9 Å². The Bertz CT molecular complexity index is 1180. The fourth-order valence-electron chi connectivity index (χ4n) is 2.98. The molecule has 31 heavy (non-hydrogen) atoms. The van der Waals surface area contributed by atoms with Crippen molar-refractivity contribution in [2.45, 2.75) is 27.2 Å². The van der Waals surface area contributed by atoms with E-state index >= 15 is 0 Å². The molecule has 0 aliphatic heterocycles. The van der Waals surface area contributed by atoms with Crippen LogP contribution in [0.25, 0.3) is 16.6 Å². The first-order valence-electron chi connectivity index (χ1n) is 9.49. The molecule has 1 atom stereocenters. The number of imidazole rings is 1. The third kappa shape index (κ3) is 5.29. The van der Waals surface area contributed by atoms with Gasteiger partial charge in [0.25, 0.3) is 0 Å². The van der Waals surface area contributed by atoms with Gasteiger partial charge in [0.05, 0.1) is 22.5 Å². The quantitative estimate of drug-likeness (QED) is 0.226. The van der Waals surface area contributed by atoms with Gasteiger partial charge in [0.15, 0.2) is 5.82 Å². The summed E-state index contributed by atoms with van der Waals surface area (Å²) in [5.41, 5.74) is 7.83. The number of fused-ring (bicyclic) bond motifs is 1. The smallest absolute Gasteiger partial charge is 0.156 e. The molecule has 4 N–H and O–H groups in total. The molecule has 3 rings (SSSR count). The molecule has 162 valence electrons. The molecule has 0 radical (unpaired) electrons. The van der Waals surface area contributed by atoms with Gasteiger partial charge in [-0.3, -0.25) is 5.14 Å². The number of nitrogens with two attached hydrogens (primary N) is 2. The first-order valence-corrected chi connectivity index (χ1v) is 10.0. The standard InChI is InChI=1S/C22H21F2N5.H3NS/c1-4-13(2)9-16(10-25)28-14(3)22-19-8-5-15(11-29(19)12-27-22)20-17(23)6-7-18(26)21(20)24;1-2/h5-9,11-13H,4,26H2,1-3H3;2H,1H2/b16-9-,28-14?;. The van der Waals surface area contributed by atoms with Crippen LogP contribution in [-0.4, -0.2) is 15.1 Å². The van der Waals surface area contributed by atoms with Gasteiger partial charge in [0.2, 0.25) is 0 Å². The van der Waals surface area contributed by atoms with Gasteiger partial charge in [0.1, 0.15) is 29.6 Å². The summed E-state index contributed by atoms with van der Waals surface area (Å²) in [6.07, 6.45) is 5.86. The monoisotopic (exact) mass is 442 g/mol. The lowest BCUT2D eigenvalue weighted by atomic mass is 10.0. The summed E-state index contributed by atoms with van der Waals surface area (Å²) >= 11 is 3.03. The average Bonchev–Trinajstić information content (AvgIpc) is 3.20. The second-order valence-corrected chi connectivity index (χ2v) is 6.88. The number of nitrogens with zero attached hydrogens (tertiary/aromatic N) is 4. The van der Waals surface area contributed by atoms with Crippen molar-refractivity contribution in [1.29, 1.82) is 5.26 Å². The zero-order valence-electron chi connectivity index (χ0n) is 17.5. The summed E-state index contributed by atoms with van der Waals surface area (Å²) in [6, 6.07) is 7.75. The van der Waals surface area contributed by atoms with E-state index in [2.05, 4.69) is 34.0 Å². The number of pyridine rings is 1. The number of benzene rings is 1. The summed E-state index contributed by atoms with van der Waals surface area (Å²) in [7, 11) is 0. The number of hydrogen-bond donors (Lipinski definition) is 3. The number of allylic oxidation sites excluding steroid dienone is 2. The largest absolute Gasteiger partial charge is 0.396 e. The molecule has 0 saturated heterocycles. The van der Waals surface area contributed by atoms with Crippen LogP contribution in [0, 0.1) is 28.9 Å². The van der Waals surface area contributed by atoms with Crippen LogP contribution in [0.5, 0.6) is 0 Å². The Kier molecular flexibility index (Phi) is 8.30. The highest BCUT2D eigenvalue weighted by Crippen LogP contribution is 2.30. The molecule has 2 heterocycles. The van der Waals surface area contributed by atoms with Crippen molar-refractivity contribution in [2.75, 3.05) is 5.73 Å². The minimum absolute atomic E-state index is 0.118. The van der Waals surface area contributed by atoms with Crippen molar-refractivity contribution >= 4 is 29.7 Å². The van der Waals surface area contributed by atoms with E-state index in [-0.39, 0.29) is 17.2 Å². The van der Waals surface area contributed by atoms with E-state index in [0.29, 0.717) is 28.2 Å². The first-order chi connectivity index (χ1) is 14.8. The van der Waals surface area contributed by atoms with Crippen molar-refractivity contribution in [3.63, 3.8) is 0 Å². The Morgan fingerprint density at radius 2 is 2.03 bits per heavy atom. The molecule has 0 fully saturated rings. The van der Waals surface area contributed by atoms with E-state index in [1.165, 1.54) is 6.07 Å². The molecule has 0 aliphatic carbocycles. The van der Waals surface area contributed by atoms with E-state index in [4.69, 9.17) is 5.73 Å². The van der Waals surface area contributed by atoms with Crippen molar-refractivity contribution in [1.82, 2.24) is 9.38 Å². The third-order valence-corrected chi connectivity index (χ3v) is 4.77.